The predicted octanol–water partition coefficient (Wildman–Crippen LogP) is 7.30. The summed E-state index contributed by atoms with van der Waals surface area (Å²) in [5.74, 6) is -1.51. The van der Waals surface area contributed by atoms with Gasteiger partial charge in [0.25, 0.3) is 11.5 Å². The fourth-order valence-electron chi connectivity index (χ4n) is 4.90. The van der Waals surface area contributed by atoms with Gasteiger partial charge in [-0.1, -0.05) is 6.07 Å². The molecule has 6 aromatic rings. The average molecular weight is 690 g/mol. The lowest BCUT2D eigenvalue weighted by atomic mass is 10.2. The number of nitrogens with one attached hydrogen (secondary N) is 2. The number of amides is 1. The van der Waals surface area contributed by atoms with E-state index in [-0.39, 0.29) is 29.4 Å². The minimum atomic E-state index is -0.718. The molecule has 0 unspecified atom stereocenters. The lowest BCUT2D eigenvalue weighted by molar-refractivity contribution is 0.102. The van der Waals surface area contributed by atoms with Crippen molar-refractivity contribution in [2.45, 2.75) is 13.5 Å². The minimum absolute atomic E-state index is 0. The third-order valence-electron chi connectivity index (χ3n) is 7.28. The maximum absolute atomic E-state index is 15.3. The van der Waals surface area contributed by atoms with Gasteiger partial charge >= 0.3 is 0 Å². The highest BCUT2D eigenvalue weighted by molar-refractivity contribution is 7.22. The number of hydrogen-bond donors (Lipinski definition) is 2. The number of rotatable bonds is 11. The number of aryl methyl sites for hydroxylation is 1. The summed E-state index contributed by atoms with van der Waals surface area (Å²) in [5.41, 5.74) is 2.87. The summed E-state index contributed by atoms with van der Waals surface area (Å²) >= 11 is 1.43. The second kappa shape index (κ2) is 15.3. The third kappa shape index (κ3) is 7.58. The normalized spacial score (nSPS) is 10.9. The molecule has 4 heterocycles. The molecule has 0 spiro atoms. The summed E-state index contributed by atoms with van der Waals surface area (Å²) in [5, 5.41) is 5.87. The summed E-state index contributed by atoms with van der Waals surface area (Å²) in [6.45, 7) is 3.76. The Hall–Kier alpha value is -5.01. The topological polar surface area (TPSA) is 107 Å². The highest BCUT2D eigenvalue weighted by atomic mass is 35.5. The number of carbonyl (C=O) groups is 1. The molecule has 0 saturated heterocycles. The molecule has 48 heavy (non-hydrogen) atoms. The fraction of sp³-hybridized carbons (Fsp3) is 0.143. The Kier molecular flexibility index (Phi) is 10.9. The van der Waals surface area contributed by atoms with E-state index in [0.717, 1.165) is 33.4 Å². The first kappa shape index (κ1) is 34.3. The molecule has 0 aliphatic heterocycles. The summed E-state index contributed by atoms with van der Waals surface area (Å²) in [6.07, 6.45) is 3.41. The van der Waals surface area contributed by atoms with E-state index in [2.05, 4.69) is 20.6 Å². The number of carbonyl (C=O) groups excluding carboxylic acids is 1. The zero-order valence-corrected chi connectivity index (χ0v) is 27.5. The smallest absolute Gasteiger partial charge is 0.268 e. The first-order valence-corrected chi connectivity index (χ1v) is 15.4. The first-order chi connectivity index (χ1) is 22.8. The minimum Gasteiger partial charge on any atom is -0.453 e. The molecule has 0 radical (unpaired) electrons. The molecular weight excluding hydrogens is 660 g/mol. The zero-order valence-electron chi connectivity index (χ0n) is 25.8. The molecule has 13 heteroatoms. The largest absolute Gasteiger partial charge is 0.453 e. The van der Waals surface area contributed by atoms with E-state index in [1.165, 1.54) is 58.4 Å². The van der Waals surface area contributed by atoms with Crippen LogP contribution in [0.5, 0.6) is 11.5 Å². The van der Waals surface area contributed by atoms with Crippen LogP contribution in [-0.4, -0.2) is 40.7 Å². The van der Waals surface area contributed by atoms with Gasteiger partial charge in [-0.3, -0.25) is 24.1 Å². The van der Waals surface area contributed by atoms with Crippen LogP contribution < -0.4 is 20.9 Å². The van der Waals surface area contributed by atoms with Crippen molar-refractivity contribution >= 4 is 45.6 Å². The van der Waals surface area contributed by atoms with Crippen molar-refractivity contribution in [1.29, 1.82) is 0 Å². The number of methoxy groups -OCH3 is 1. The third-order valence-corrected chi connectivity index (χ3v) is 8.44. The molecule has 4 aromatic heterocycles. The van der Waals surface area contributed by atoms with Crippen LogP contribution in [0.1, 0.15) is 21.6 Å². The van der Waals surface area contributed by atoms with Crippen molar-refractivity contribution in [3.05, 3.63) is 130 Å². The van der Waals surface area contributed by atoms with Gasteiger partial charge in [0.2, 0.25) is 0 Å². The number of ether oxygens (including phenoxy) is 2. The highest BCUT2D eigenvalue weighted by Crippen LogP contribution is 2.39. The average Bonchev–Trinajstić information content (AvgIpc) is 3.51. The van der Waals surface area contributed by atoms with Gasteiger partial charge in [0.05, 0.1) is 27.4 Å². The fourth-order valence-corrected chi connectivity index (χ4v) is 5.94. The van der Waals surface area contributed by atoms with E-state index >= 15 is 4.39 Å². The molecule has 2 N–H and O–H groups in total. The molecule has 0 atom stereocenters. The van der Waals surface area contributed by atoms with E-state index in [4.69, 9.17) is 9.47 Å². The quantitative estimate of drug-likeness (QED) is 0.138. The Morgan fingerprint density at radius 1 is 0.958 bits per heavy atom. The van der Waals surface area contributed by atoms with Crippen LogP contribution in [-0.2, 0) is 11.3 Å². The number of benzene rings is 2. The highest BCUT2D eigenvalue weighted by Gasteiger charge is 2.18. The summed E-state index contributed by atoms with van der Waals surface area (Å²) in [4.78, 5) is 36.2. The first-order valence-electron chi connectivity index (χ1n) is 14.6. The van der Waals surface area contributed by atoms with Crippen LogP contribution in [0.25, 0.3) is 26.5 Å². The second-order valence-electron chi connectivity index (χ2n) is 10.6. The van der Waals surface area contributed by atoms with Crippen LogP contribution in [0.4, 0.5) is 14.5 Å². The van der Waals surface area contributed by atoms with Crippen LogP contribution in [0.2, 0.25) is 0 Å². The Balaban J connectivity index is 0.00000451. The van der Waals surface area contributed by atoms with Crippen LogP contribution >= 0.6 is 23.7 Å². The summed E-state index contributed by atoms with van der Waals surface area (Å²) in [7, 11) is 1.66. The van der Waals surface area contributed by atoms with E-state index in [9.17, 15) is 14.0 Å². The Morgan fingerprint density at radius 3 is 2.50 bits per heavy atom. The Bertz CT molecular complexity index is 2120. The van der Waals surface area contributed by atoms with Gasteiger partial charge in [0.15, 0.2) is 11.6 Å². The molecule has 2 aromatic carbocycles. The van der Waals surface area contributed by atoms with Gasteiger partial charge < -0.3 is 20.1 Å². The number of pyridine rings is 3. The lowest BCUT2D eigenvalue weighted by Crippen LogP contribution is -2.29. The van der Waals surface area contributed by atoms with Crippen molar-refractivity contribution in [2.75, 3.05) is 25.6 Å². The second-order valence-corrected chi connectivity index (χ2v) is 11.6. The van der Waals surface area contributed by atoms with E-state index in [1.807, 2.05) is 24.4 Å². The predicted molar refractivity (Wildman–Crippen MR) is 185 cm³/mol. The molecule has 0 aliphatic rings. The molecule has 9 nitrogen and oxygen atoms in total. The number of anilines is 1. The van der Waals surface area contributed by atoms with Crippen molar-refractivity contribution < 1.29 is 23.0 Å². The van der Waals surface area contributed by atoms with Gasteiger partial charge in [0, 0.05) is 61.8 Å². The molecule has 0 aliphatic carbocycles. The molecule has 1 amide bonds. The maximum atomic E-state index is 15.3. The molecule has 246 valence electrons. The number of hydrogen-bond acceptors (Lipinski definition) is 8. The van der Waals surface area contributed by atoms with Crippen LogP contribution in [0.3, 0.4) is 0 Å². The Morgan fingerprint density at radius 2 is 1.77 bits per heavy atom. The van der Waals surface area contributed by atoms with Crippen LogP contribution in [0, 0.1) is 18.6 Å². The van der Waals surface area contributed by atoms with Gasteiger partial charge in [-0.05, 0) is 73.2 Å². The molecule has 0 saturated carbocycles. The van der Waals surface area contributed by atoms with E-state index in [0.29, 0.717) is 35.8 Å². The number of nitrogens with zero attached hydrogens (tertiary/aromatic N) is 3. The van der Waals surface area contributed by atoms with E-state index in [1.54, 1.807) is 32.4 Å². The van der Waals surface area contributed by atoms with Crippen LogP contribution in [0.15, 0.2) is 96.1 Å². The van der Waals surface area contributed by atoms with Gasteiger partial charge in [-0.25, -0.2) is 8.78 Å². The molecular formula is C35H30ClF2N5O4S. The lowest BCUT2D eigenvalue weighted by Gasteiger charge is -2.13. The molecule has 6 rings (SSSR count). The van der Waals surface area contributed by atoms with Crippen molar-refractivity contribution in [2.24, 2.45) is 0 Å². The van der Waals surface area contributed by atoms with Gasteiger partial charge in [0.1, 0.15) is 17.1 Å². The van der Waals surface area contributed by atoms with E-state index < -0.39 is 23.1 Å². The number of aromatic nitrogens is 3. The molecule has 0 bridgehead atoms. The Labute approximate surface area is 284 Å². The van der Waals surface area contributed by atoms with Gasteiger partial charge in [-0.15, -0.1) is 23.7 Å². The number of halogens is 3. The standard InChI is InChI=1S/C35H29F2N5O4S.ClH/c1-21-3-10-26(35(44)42(21)25-8-5-23(36)6-9-25)34(43)41-24-7-12-30(27(37)17-24)46-31-13-14-39-29-18-32(47-33(29)31)28-11-4-22(20-40-28)19-38-15-16-45-2;/h3-14,17-18,20,38H,15-16,19H2,1-2H3,(H,41,43);1H. The zero-order chi connectivity index (χ0) is 32.9. The van der Waals surface area contributed by atoms with Crippen molar-refractivity contribution in [3.63, 3.8) is 0 Å². The summed E-state index contributed by atoms with van der Waals surface area (Å²) in [6, 6.07) is 19.9. The number of fused-ring (bicyclic) bond motifs is 1. The molecule has 0 fully saturated rings. The maximum Gasteiger partial charge on any atom is 0.268 e. The number of thiophene rings is 1. The van der Waals surface area contributed by atoms with Gasteiger partial charge in [-0.2, -0.15) is 0 Å². The van der Waals surface area contributed by atoms with Crippen molar-refractivity contribution in [1.82, 2.24) is 19.9 Å². The van der Waals surface area contributed by atoms with Crippen molar-refractivity contribution in [3.8, 4) is 27.8 Å². The monoisotopic (exact) mass is 689 g/mol. The SMILES string of the molecule is COCCNCc1ccc(-c2cc3nccc(Oc4ccc(NC(=O)c5ccc(C)n(-c6ccc(F)cc6)c5=O)cc4F)c3s2)nc1.Cl. The summed E-state index contributed by atoms with van der Waals surface area (Å²) < 4.78 is 41.8.